The molecule has 0 N–H and O–H groups in total. The van der Waals surface area contributed by atoms with Crippen molar-refractivity contribution in [2.24, 2.45) is 0 Å². The lowest BCUT2D eigenvalue weighted by Gasteiger charge is -2.24. The smallest absolute Gasteiger partial charge is 0.160 e. The second-order valence-electron chi connectivity index (χ2n) is 14.0. The predicted molar refractivity (Wildman–Crippen MR) is 199 cm³/mol. The lowest BCUT2D eigenvalue weighted by atomic mass is 9.78. The summed E-state index contributed by atoms with van der Waals surface area (Å²) in [7, 11) is 0. The van der Waals surface area contributed by atoms with Crippen molar-refractivity contribution in [3.63, 3.8) is 0 Å². The molecule has 0 aliphatic heterocycles. The number of para-hydroxylation sites is 2. The van der Waals surface area contributed by atoms with E-state index in [1.165, 1.54) is 60.4 Å². The van der Waals surface area contributed by atoms with Crippen LogP contribution in [-0.4, -0.2) is 4.40 Å². The highest BCUT2D eigenvalue weighted by Crippen LogP contribution is 2.53. The first-order chi connectivity index (χ1) is 23.6. The van der Waals surface area contributed by atoms with Crippen molar-refractivity contribution in [2.75, 3.05) is 0 Å². The van der Waals surface area contributed by atoms with Gasteiger partial charge in [-0.05, 0) is 69.8 Å². The molecule has 0 saturated heterocycles. The lowest BCUT2D eigenvalue weighted by Crippen LogP contribution is -2.16. The first-order valence-corrected chi connectivity index (χ1v) is 16.7. The zero-order valence-electron chi connectivity index (χ0n) is 26.4. The number of hydrogen-bond acceptors (Lipinski definition) is 2. The number of rotatable bonds is 1. The summed E-state index contributed by atoms with van der Waals surface area (Å²) in [4.78, 5) is 0. The fourth-order valence-corrected chi connectivity index (χ4v) is 9.29. The Morgan fingerprint density at radius 3 is 1.60 bits per heavy atom. The van der Waals surface area contributed by atoms with Crippen LogP contribution in [0.3, 0.4) is 0 Å². The van der Waals surface area contributed by atoms with E-state index in [0.717, 1.165) is 54.9 Å². The van der Waals surface area contributed by atoms with Gasteiger partial charge in [0.05, 0.1) is 16.6 Å². The molecule has 7 aromatic carbocycles. The normalized spacial score (nSPS) is 14.2. The predicted octanol–water partition coefficient (Wildman–Crippen LogP) is 12.6. The van der Waals surface area contributed by atoms with Gasteiger partial charge in [0.15, 0.2) is 11.2 Å². The van der Waals surface area contributed by atoms with Gasteiger partial charge in [0, 0.05) is 48.5 Å². The Bertz CT molecular complexity index is 3040. The third-order valence-electron chi connectivity index (χ3n) is 11.3. The summed E-state index contributed by atoms with van der Waals surface area (Å²) >= 11 is 0. The molecule has 12 rings (SSSR count). The maximum atomic E-state index is 6.73. The molecule has 3 nitrogen and oxygen atoms in total. The molecule has 0 fully saturated rings. The Morgan fingerprint density at radius 1 is 0.438 bits per heavy atom. The van der Waals surface area contributed by atoms with E-state index in [4.69, 9.17) is 8.83 Å². The van der Waals surface area contributed by atoms with Gasteiger partial charge in [0.2, 0.25) is 0 Å². The minimum Gasteiger partial charge on any atom is -0.454 e. The van der Waals surface area contributed by atoms with Crippen LogP contribution in [0.1, 0.15) is 25.0 Å². The second-order valence-corrected chi connectivity index (χ2v) is 14.0. The van der Waals surface area contributed by atoms with Crippen molar-refractivity contribution in [2.45, 2.75) is 19.3 Å². The van der Waals surface area contributed by atoms with Crippen molar-refractivity contribution < 1.29 is 8.83 Å². The van der Waals surface area contributed by atoms with Crippen LogP contribution >= 0.6 is 0 Å². The second kappa shape index (κ2) is 8.26. The maximum Gasteiger partial charge on any atom is 0.160 e. The number of fused-ring (bicyclic) bond motifs is 17. The molecule has 0 amide bonds. The summed E-state index contributed by atoms with van der Waals surface area (Å²) in [6, 6.07) is 46.4. The highest BCUT2D eigenvalue weighted by Gasteiger charge is 2.37. The van der Waals surface area contributed by atoms with Crippen LogP contribution in [0, 0.1) is 0 Å². The minimum absolute atomic E-state index is 0.120. The van der Waals surface area contributed by atoms with Crippen molar-refractivity contribution in [3.05, 3.63) is 139 Å². The molecule has 4 aromatic heterocycles. The summed E-state index contributed by atoms with van der Waals surface area (Å²) in [5.74, 6) is 0. The van der Waals surface area contributed by atoms with Gasteiger partial charge in [0.1, 0.15) is 11.2 Å². The summed E-state index contributed by atoms with van der Waals surface area (Å²) in [6.45, 7) is 4.74. The Morgan fingerprint density at radius 2 is 0.958 bits per heavy atom. The SMILES string of the molecule is CC1(C)c2ccccc2-c2cccc(-c3cc4c5ccc6c7ccccc7oc6c5n5c4c(c3)c3ccc4c6ccccc6oc4c35)c21. The number of aromatic nitrogens is 1. The molecule has 4 heterocycles. The molecular weight excluding hydrogens is 587 g/mol. The fourth-order valence-electron chi connectivity index (χ4n) is 9.29. The zero-order chi connectivity index (χ0) is 31.5. The van der Waals surface area contributed by atoms with E-state index in [2.05, 4.69) is 134 Å². The number of furan rings is 2. The molecule has 0 atom stereocenters. The summed E-state index contributed by atoms with van der Waals surface area (Å²) in [5.41, 5.74) is 14.9. The van der Waals surface area contributed by atoms with Gasteiger partial charge < -0.3 is 13.2 Å². The van der Waals surface area contributed by atoms with Gasteiger partial charge in [0.25, 0.3) is 0 Å². The van der Waals surface area contributed by atoms with Crippen molar-refractivity contribution >= 4 is 82.0 Å². The highest BCUT2D eigenvalue weighted by molar-refractivity contribution is 6.32. The molecule has 1 aliphatic carbocycles. The molecule has 3 heteroatoms. The van der Waals surface area contributed by atoms with E-state index in [0.29, 0.717) is 0 Å². The van der Waals surface area contributed by atoms with E-state index in [9.17, 15) is 0 Å². The zero-order valence-corrected chi connectivity index (χ0v) is 26.4. The third kappa shape index (κ3) is 2.80. The van der Waals surface area contributed by atoms with Crippen LogP contribution in [0.15, 0.2) is 136 Å². The molecule has 11 aromatic rings. The van der Waals surface area contributed by atoms with Crippen molar-refractivity contribution in [1.82, 2.24) is 4.40 Å². The largest absolute Gasteiger partial charge is 0.454 e. The van der Waals surface area contributed by atoms with Gasteiger partial charge >= 0.3 is 0 Å². The van der Waals surface area contributed by atoms with Crippen LogP contribution in [-0.2, 0) is 5.41 Å². The molecule has 0 saturated carbocycles. The monoisotopic (exact) mass is 613 g/mol. The molecular formula is C45H27NO2. The minimum atomic E-state index is -0.120. The molecule has 0 radical (unpaired) electrons. The Hall–Kier alpha value is -6.06. The average Bonchev–Trinajstić information content (AvgIpc) is 3.90. The number of benzene rings is 7. The molecule has 224 valence electrons. The first kappa shape index (κ1) is 25.1. The number of nitrogens with zero attached hydrogens (tertiary/aromatic N) is 1. The van der Waals surface area contributed by atoms with E-state index in [-0.39, 0.29) is 5.41 Å². The van der Waals surface area contributed by atoms with Crippen LogP contribution in [0.4, 0.5) is 0 Å². The van der Waals surface area contributed by atoms with Crippen molar-refractivity contribution in [1.29, 1.82) is 0 Å². The Kier molecular flexibility index (Phi) is 4.31. The molecule has 0 spiro atoms. The fraction of sp³-hybridized carbons (Fsp3) is 0.0667. The Balaban J connectivity index is 1.29. The lowest BCUT2D eigenvalue weighted by molar-refractivity contribution is 0.662. The van der Waals surface area contributed by atoms with Crippen LogP contribution in [0.2, 0.25) is 0 Å². The van der Waals surface area contributed by atoms with E-state index >= 15 is 0 Å². The highest BCUT2D eigenvalue weighted by atomic mass is 16.3. The van der Waals surface area contributed by atoms with E-state index < -0.39 is 0 Å². The standard InChI is InChI=1S/C45H27NO2/c1-45(2)36-15-6-3-10-26(36)29-14-9-13-25(39(29)45)24-22-34-30-18-20-32-27-11-4-7-16-37(27)47-43(32)41(30)46-40(34)35(23-24)31-19-21-33-28-12-5-8-17-38(28)48-44(33)42(31)46/h3-23H,1-2H3. The summed E-state index contributed by atoms with van der Waals surface area (Å²) in [6.07, 6.45) is 0. The van der Waals surface area contributed by atoms with Crippen molar-refractivity contribution in [3.8, 4) is 22.3 Å². The Labute approximate surface area is 274 Å². The van der Waals surface area contributed by atoms with Gasteiger partial charge in [-0.15, -0.1) is 0 Å². The molecule has 1 aliphatic rings. The number of hydrogen-bond donors (Lipinski definition) is 0. The van der Waals surface area contributed by atoms with Crippen LogP contribution in [0.25, 0.3) is 104 Å². The summed E-state index contributed by atoms with van der Waals surface area (Å²) < 4.78 is 15.9. The quantitative estimate of drug-likeness (QED) is 0.184. The van der Waals surface area contributed by atoms with Crippen LogP contribution < -0.4 is 0 Å². The van der Waals surface area contributed by atoms with E-state index in [1.54, 1.807) is 0 Å². The average molecular weight is 614 g/mol. The van der Waals surface area contributed by atoms with Crippen LogP contribution in [0.5, 0.6) is 0 Å². The first-order valence-electron chi connectivity index (χ1n) is 16.7. The van der Waals surface area contributed by atoms with Gasteiger partial charge in [-0.2, -0.15) is 0 Å². The van der Waals surface area contributed by atoms with Gasteiger partial charge in [-0.3, -0.25) is 0 Å². The molecule has 0 bridgehead atoms. The summed E-state index contributed by atoms with van der Waals surface area (Å²) in [5, 5.41) is 9.36. The maximum absolute atomic E-state index is 6.73. The van der Waals surface area contributed by atoms with Gasteiger partial charge in [-0.1, -0.05) is 105 Å². The topological polar surface area (TPSA) is 30.7 Å². The van der Waals surface area contributed by atoms with E-state index in [1.807, 2.05) is 12.1 Å². The molecule has 0 unspecified atom stereocenters. The van der Waals surface area contributed by atoms with Gasteiger partial charge in [-0.25, -0.2) is 0 Å². The third-order valence-corrected chi connectivity index (χ3v) is 11.3. The molecule has 48 heavy (non-hydrogen) atoms.